The van der Waals surface area contributed by atoms with Crippen molar-refractivity contribution in [3.8, 4) is 0 Å². The molecule has 1 heterocycles. The second-order valence-electron chi connectivity index (χ2n) is 7.48. The molecule has 0 saturated carbocycles. The third-order valence-electron chi connectivity index (χ3n) is 5.52. The van der Waals surface area contributed by atoms with Crippen LogP contribution in [0.2, 0.25) is 0 Å². The molecule has 1 N–H and O–H groups in total. The molecule has 0 amide bonds. The fraction of sp³-hybridized carbons (Fsp3) is 0.682. The van der Waals surface area contributed by atoms with Gasteiger partial charge in [-0.05, 0) is 43.5 Å². The molecule has 0 bridgehead atoms. The van der Waals surface area contributed by atoms with E-state index < -0.39 is 0 Å². The molecular formula is C22H39N5. The summed E-state index contributed by atoms with van der Waals surface area (Å²) in [7, 11) is 3.97. The number of aryl methyl sites for hydroxylation is 1. The first kappa shape index (κ1) is 21.7. The second-order valence-corrected chi connectivity index (χ2v) is 7.48. The first-order chi connectivity index (χ1) is 13.2. The van der Waals surface area contributed by atoms with Crippen LogP contribution in [-0.2, 0) is 13.0 Å². The Labute approximate surface area is 166 Å². The lowest BCUT2D eigenvalue weighted by molar-refractivity contribution is 0.136. The summed E-state index contributed by atoms with van der Waals surface area (Å²) in [6, 6.07) is 8.89. The van der Waals surface area contributed by atoms with Gasteiger partial charge in [0.15, 0.2) is 5.96 Å². The maximum absolute atomic E-state index is 4.44. The van der Waals surface area contributed by atoms with Crippen LogP contribution in [0.3, 0.4) is 0 Å². The summed E-state index contributed by atoms with van der Waals surface area (Å²) in [5.74, 6) is 0.978. The van der Waals surface area contributed by atoms with Gasteiger partial charge in [-0.25, -0.2) is 0 Å². The molecule has 0 radical (unpaired) electrons. The van der Waals surface area contributed by atoms with Crippen LogP contribution in [0.15, 0.2) is 29.3 Å². The number of likely N-dealkylation sites (N-methyl/N-ethyl adjacent to an activating group) is 1. The quantitative estimate of drug-likeness (QED) is 0.410. The fourth-order valence-corrected chi connectivity index (χ4v) is 3.60. The molecular weight excluding hydrogens is 334 g/mol. The van der Waals surface area contributed by atoms with Crippen molar-refractivity contribution in [1.82, 2.24) is 20.0 Å². The van der Waals surface area contributed by atoms with Crippen LogP contribution in [-0.4, -0.2) is 80.6 Å². The maximum Gasteiger partial charge on any atom is 0.193 e. The SMILES string of the molecule is CCc1ccc(CN(C)C(=NC)NCCCCN2CCN(CC)CC2)cc1. The predicted octanol–water partition coefficient (Wildman–Crippen LogP) is 2.67. The Morgan fingerprint density at radius 1 is 1.00 bits per heavy atom. The Hall–Kier alpha value is -1.59. The summed E-state index contributed by atoms with van der Waals surface area (Å²) >= 11 is 0. The van der Waals surface area contributed by atoms with Gasteiger partial charge < -0.3 is 20.0 Å². The van der Waals surface area contributed by atoms with Gasteiger partial charge in [-0.2, -0.15) is 0 Å². The topological polar surface area (TPSA) is 34.1 Å². The van der Waals surface area contributed by atoms with Crippen LogP contribution >= 0.6 is 0 Å². The highest BCUT2D eigenvalue weighted by Gasteiger charge is 2.14. The van der Waals surface area contributed by atoms with Crippen molar-refractivity contribution < 1.29 is 0 Å². The van der Waals surface area contributed by atoms with Gasteiger partial charge in [0.25, 0.3) is 0 Å². The highest BCUT2D eigenvalue weighted by molar-refractivity contribution is 5.79. The molecule has 0 unspecified atom stereocenters. The molecule has 1 aromatic carbocycles. The Morgan fingerprint density at radius 3 is 2.22 bits per heavy atom. The van der Waals surface area contributed by atoms with Gasteiger partial charge in [0.05, 0.1) is 0 Å². The minimum absolute atomic E-state index is 0.880. The fourth-order valence-electron chi connectivity index (χ4n) is 3.60. The molecule has 0 aromatic heterocycles. The maximum atomic E-state index is 4.44. The van der Waals surface area contributed by atoms with E-state index in [1.165, 1.54) is 63.2 Å². The molecule has 1 aromatic rings. The lowest BCUT2D eigenvalue weighted by Crippen LogP contribution is -2.46. The van der Waals surface area contributed by atoms with E-state index in [9.17, 15) is 0 Å². The van der Waals surface area contributed by atoms with Gasteiger partial charge in [-0.3, -0.25) is 4.99 Å². The zero-order valence-electron chi connectivity index (χ0n) is 17.9. The number of rotatable bonds is 9. The van der Waals surface area contributed by atoms with E-state index in [2.05, 4.69) is 70.2 Å². The van der Waals surface area contributed by atoms with E-state index in [4.69, 9.17) is 0 Å². The number of nitrogens with one attached hydrogen (secondary N) is 1. The van der Waals surface area contributed by atoms with Crippen molar-refractivity contribution in [2.24, 2.45) is 4.99 Å². The van der Waals surface area contributed by atoms with E-state index in [-0.39, 0.29) is 0 Å². The molecule has 1 saturated heterocycles. The number of piperazine rings is 1. The minimum Gasteiger partial charge on any atom is -0.356 e. The average molecular weight is 374 g/mol. The first-order valence-corrected chi connectivity index (χ1v) is 10.6. The first-order valence-electron chi connectivity index (χ1n) is 10.6. The molecule has 1 fully saturated rings. The van der Waals surface area contributed by atoms with Crippen LogP contribution in [0.4, 0.5) is 0 Å². The van der Waals surface area contributed by atoms with Crippen LogP contribution in [0, 0.1) is 0 Å². The largest absolute Gasteiger partial charge is 0.356 e. The number of nitrogens with zero attached hydrogens (tertiary/aromatic N) is 4. The number of hydrogen-bond acceptors (Lipinski definition) is 3. The molecule has 5 heteroatoms. The number of guanidine groups is 1. The van der Waals surface area contributed by atoms with Gasteiger partial charge in [0.2, 0.25) is 0 Å². The number of hydrogen-bond donors (Lipinski definition) is 1. The van der Waals surface area contributed by atoms with Crippen LogP contribution < -0.4 is 5.32 Å². The molecule has 0 spiro atoms. The Balaban J connectivity index is 1.63. The third kappa shape index (κ3) is 7.51. The average Bonchev–Trinajstić information content (AvgIpc) is 2.71. The van der Waals surface area contributed by atoms with Gasteiger partial charge in [-0.1, -0.05) is 38.1 Å². The molecule has 1 aliphatic heterocycles. The normalized spacial score (nSPS) is 16.5. The molecule has 0 aliphatic carbocycles. The lowest BCUT2D eigenvalue weighted by atomic mass is 10.1. The van der Waals surface area contributed by atoms with Gasteiger partial charge in [0, 0.05) is 53.4 Å². The molecule has 27 heavy (non-hydrogen) atoms. The molecule has 1 aliphatic rings. The molecule has 0 atom stereocenters. The number of unbranched alkanes of at least 4 members (excludes halogenated alkanes) is 1. The summed E-state index contributed by atoms with van der Waals surface area (Å²) < 4.78 is 0. The monoisotopic (exact) mass is 373 g/mol. The standard InChI is InChI=1S/C22H39N5/c1-5-20-9-11-21(12-10-20)19-25(4)22(23-3)24-13-7-8-14-27-17-15-26(6-2)16-18-27/h9-12H,5-8,13-19H2,1-4H3,(H,23,24). The van der Waals surface area contributed by atoms with Crippen LogP contribution in [0.1, 0.15) is 37.8 Å². The van der Waals surface area contributed by atoms with E-state index in [1.807, 2.05) is 7.05 Å². The van der Waals surface area contributed by atoms with Gasteiger partial charge in [-0.15, -0.1) is 0 Å². The third-order valence-corrected chi connectivity index (χ3v) is 5.52. The lowest BCUT2D eigenvalue weighted by Gasteiger charge is -2.34. The van der Waals surface area contributed by atoms with Gasteiger partial charge >= 0.3 is 0 Å². The molecule has 5 nitrogen and oxygen atoms in total. The summed E-state index contributed by atoms with van der Waals surface area (Å²) in [5, 5.41) is 3.52. The zero-order chi connectivity index (χ0) is 19.5. The highest BCUT2D eigenvalue weighted by Crippen LogP contribution is 2.08. The van der Waals surface area contributed by atoms with Crippen molar-refractivity contribution in [3.05, 3.63) is 35.4 Å². The summed E-state index contributed by atoms with van der Waals surface area (Å²) in [6.07, 6.45) is 3.53. The second kappa shape index (κ2) is 12.0. The summed E-state index contributed by atoms with van der Waals surface area (Å²) in [5.41, 5.74) is 2.71. The number of aliphatic imine (C=N–C) groups is 1. The Morgan fingerprint density at radius 2 is 1.63 bits per heavy atom. The van der Waals surface area contributed by atoms with E-state index in [1.54, 1.807) is 0 Å². The molecule has 152 valence electrons. The Bertz CT molecular complexity index is 546. The van der Waals surface area contributed by atoms with Crippen LogP contribution in [0.5, 0.6) is 0 Å². The van der Waals surface area contributed by atoms with Crippen molar-refractivity contribution in [1.29, 1.82) is 0 Å². The summed E-state index contributed by atoms with van der Waals surface area (Å²) in [6.45, 7) is 13.6. The molecule has 2 rings (SSSR count). The smallest absolute Gasteiger partial charge is 0.193 e. The predicted molar refractivity (Wildman–Crippen MR) is 116 cm³/mol. The van der Waals surface area contributed by atoms with Crippen molar-refractivity contribution in [3.63, 3.8) is 0 Å². The Kier molecular flexibility index (Phi) is 9.64. The zero-order valence-corrected chi connectivity index (χ0v) is 17.9. The van der Waals surface area contributed by atoms with Crippen molar-refractivity contribution in [2.45, 2.75) is 39.7 Å². The van der Waals surface area contributed by atoms with Crippen molar-refractivity contribution >= 4 is 5.96 Å². The number of benzene rings is 1. The minimum atomic E-state index is 0.880. The van der Waals surface area contributed by atoms with Gasteiger partial charge in [0.1, 0.15) is 0 Å². The van der Waals surface area contributed by atoms with Crippen LogP contribution in [0.25, 0.3) is 0 Å². The van der Waals surface area contributed by atoms with E-state index in [0.717, 1.165) is 25.5 Å². The highest BCUT2D eigenvalue weighted by atomic mass is 15.3. The van der Waals surface area contributed by atoms with Crippen molar-refractivity contribution in [2.75, 3.05) is 59.9 Å². The summed E-state index contributed by atoms with van der Waals surface area (Å²) in [4.78, 5) is 11.8. The van der Waals surface area contributed by atoms with E-state index in [0.29, 0.717) is 0 Å². The van der Waals surface area contributed by atoms with E-state index >= 15 is 0 Å².